The first kappa shape index (κ1) is 126. The molecule has 4 N–H and O–H groups in total. The molecule has 0 radical (unpaired) electrons. The van der Waals surface area contributed by atoms with Crippen molar-refractivity contribution >= 4 is 222 Å². The van der Waals surface area contributed by atoms with E-state index in [0.29, 0.717) is 0 Å². The van der Waals surface area contributed by atoms with E-state index in [1.165, 1.54) is 0 Å². The van der Waals surface area contributed by atoms with Gasteiger partial charge in [0.05, 0.1) is 0 Å². The molecular formula is C9H4Ca2Na2O29Sr2Zr2. The fraction of sp³-hybridized carbons (Fsp3) is 0. The molecule has 0 rings (SSSR count). The van der Waals surface area contributed by atoms with Gasteiger partial charge in [-0.15, -0.1) is 0 Å². The van der Waals surface area contributed by atoms with Crippen molar-refractivity contribution in [1.29, 1.82) is 0 Å². The first-order valence-corrected chi connectivity index (χ1v) is 5.51. The molecule has 0 unspecified atom stereocenters. The molecule has 0 aromatic carbocycles. The first-order chi connectivity index (χ1) is 15.6. The van der Waals surface area contributed by atoms with Gasteiger partial charge in [0, 0.05) is 0 Å². The zero-order chi connectivity index (χ0) is 32.2. The summed E-state index contributed by atoms with van der Waals surface area (Å²) < 4.78 is 0. The van der Waals surface area contributed by atoms with Crippen LogP contribution < -0.4 is 151 Å². The SMILES string of the molecule is O.O.O=C([O-])[O-].O=C([O-])[O-].O=C([O-])[O-].O=C([O-])[O-].O=C([O-])[O-].O=C([O-])[O-].O=C([O-])[O-].O=C([O-])[O-].O=C([O-])[O-].[Ca+2].[Ca+2].[Na+].[Na+].[Sr+2].[Sr+2].[Zr+4].[Zr+4]. The standard InChI is InChI=1S/9CH2O3.2Ca.2Na.2H2O.2Sr.2Zr/c9*2-1(3)4;;;;;;;;;;/h9*(H2,2,3,4);;;;;2*1H2;;;;/q;;;;;;;;;2*+2;2*+1;;;2*+2;2*+4/p-18. The van der Waals surface area contributed by atoms with Crippen LogP contribution in [-0.2, 0) is 52.4 Å². The van der Waals surface area contributed by atoms with Crippen molar-refractivity contribution < 1.29 is 258 Å². The van der Waals surface area contributed by atoms with Crippen LogP contribution in [0, 0.1) is 0 Å². The second-order valence-electron chi connectivity index (χ2n) is 2.25. The number of carboxylic acid groups (broad SMARTS) is 18. The molecule has 232 valence electrons. The second-order valence-corrected chi connectivity index (χ2v) is 2.25. The minimum absolute atomic E-state index is 0. The van der Waals surface area contributed by atoms with E-state index in [1.54, 1.807) is 0 Å². The van der Waals surface area contributed by atoms with Crippen molar-refractivity contribution in [3.8, 4) is 0 Å². The number of hydrogen-bond donors (Lipinski definition) is 0. The molecule has 0 fully saturated rings. The van der Waals surface area contributed by atoms with Gasteiger partial charge in [0.25, 0.3) is 0 Å². The molecule has 0 bridgehead atoms. The fourth-order valence-electron chi connectivity index (χ4n) is 0. The maximum Gasteiger partial charge on any atom is 4.00 e. The molecule has 0 atom stereocenters. The molecule has 0 amide bonds. The Kier molecular flexibility index (Phi) is 322. The van der Waals surface area contributed by atoms with Crippen LogP contribution >= 0.6 is 0 Å². The zero-order valence-corrected chi connectivity index (χ0v) is 42.6. The Balaban J connectivity index is -0.0000000102. The van der Waals surface area contributed by atoms with E-state index < -0.39 is 55.4 Å². The van der Waals surface area contributed by atoms with E-state index in [0.717, 1.165) is 0 Å². The van der Waals surface area contributed by atoms with Crippen LogP contribution in [-0.4, -0.2) is 233 Å². The van der Waals surface area contributed by atoms with Crippen molar-refractivity contribution in [3.63, 3.8) is 0 Å². The van der Waals surface area contributed by atoms with Gasteiger partial charge < -0.3 is 146 Å². The third-order valence-electron chi connectivity index (χ3n) is 0. The van der Waals surface area contributed by atoms with E-state index in [1.807, 2.05) is 0 Å². The van der Waals surface area contributed by atoms with Crippen LogP contribution in [0.1, 0.15) is 0 Å². The van der Waals surface area contributed by atoms with Crippen molar-refractivity contribution in [3.05, 3.63) is 0 Å². The average Bonchev–Trinajstić information content (AvgIpc) is 2.39. The molecule has 0 aliphatic rings. The fourth-order valence-corrected chi connectivity index (χ4v) is 0. The topological polar surface area (TPSA) is 632 Å². The summed E-state index contributed by atoms with van der Waals surface area (Å²) in [6, 6.07) is 0. The van der Waals surface area contributed by atoms with Crippen LogP contribution in [0.15, 0.2) is 0 Å². The van der Waals surface area contributed by atoms with Gasteiger partial charge in [-0.25, -0.2) is 0 Å². The first-order valence-electron chi connectivity index (χ1n) is 5.51. The molecule has 0 aromatic rings. The van der Waals surface area contributed by atoms with Crippen LogP contribution in [0.2, 0.25) is 0 Å². The van der Waals surface area contributed by atoms with Crippen molar-refractivity contribution in [2.75, 3.05) is 0 Å². The van der Waals surface area contributed by atoms with Gasteiger partial charge in [-0.05, 0) is 55.4 Å². The molecule has 29 nitrogen and oxygen atoms in total. The average molecular weight is 1060 g/mol. The summed E-state index contributed by atoms with van der Waals surface area (Å²) in [5.74, 6) is 0. The molecule has 37 heteroatoms. The monoisotopic (exact) mass is 1060 g/mol. The van der Waals surface area contributed by atoms with Gasteiger partial charge >= 0.3 is 278 Å². The molecule has 0 heterocycles. The Labute approximate surface area is 469 Å². The van der Waals surface area contributed by atoms with Crippen LogP contribution in [0.4, 0.5) is 43.2 Å². The Morgan fingerprint density at radius 3 is 0.239 bits per heavy atom. The van der Waals surface area contributed by atoms with Crippen LogP contribution in [0.3, 0.4) is 0 Å². The van der Waals surface area contributed by atoms with E-state index in [9.17, 15) is 0 Å². The molecular weight excluding hydrogens is 1060 g/mol. The van der Waals surface area contributed by atoms with Gasteiger partial charge in [-0.3, -0.25) is 0 Å². The molecule has 0 saturated heterocycles. The van der Waals surface area contributed by atoms with E-state index >= 15 is 0 Å². The molecule has 0 spiro atoms. The Hall–Kier alpha value is 2.60. The molecule has 46 heavy (non-hydrogen) atoms. The van der Waals surface area contributed by atoms with Crippen LogP contribution in [0.25, 0.3) is 0 Å². The number of carbonyl (C=O) groups is 9. The predicted molar refractivity (Wildman–Crippen MR) is 78.8 cm³/mol. The molecule has 0 aliphatic heterocycles. The minimum atomic E-state index is -2.33. The summed E-state index contributed by atoms with van der Waals surface area (Å²) >= 11 is 0. The van der Waals surface area contributed by atoms with Crippen molar-refractivity contribution in [2.45, 2.75) is 0 Å². The second kappa shape index (κ2) is 118. The summed E-state index contributed by atoms with van der Waals surface area (Å²) in [5.41, 5.74) is 0. The summed E-state index contributed by atoms with van der Waals surface area (Å²) in [6.07, 6.45) is -21.0. The minimum Gasteiger partial charge on any atom is -0.652 e. The number of rotatable bonds is 0. The van der Waals surface area contributed by atoms with Crippen molar-refractivity contribution in [2.24, 2.45) is 0 Å². The van der Waals surface area contributed by atoms with Gasteiger partial charge in [0.1, 0.15) is 0 Å². The largest absolute Gasteiger partial charge is 4.00 e. The molecule has 0 aliphatic carbocycles. The third-order valence-corrected chi connectivity index (χ3v) is 0. The zero-order valence-electron chi connectivity index (χ0n) is 22.4. The third kappa shape index (κ3) is 14400. The quantitative estimate of drug-likeness (QED) is 0.203. The summed E-state index contributed by atoms with van der Waals surface area (Å²) in [6.45, 7) is 0. The molecule has 0 aromatic heterocycles. The normalized spacial score (nSPS) is 4.70. The maximum atomic E-state index is 8.33. The van der Waals surface area contributed by atoms with Gasteiger partial charge in [-0.2, -0.15) is 0 Å². The molecule has 0 saturated carbocycles. The maximum absolute atomic E-state index is 8.33. The smallest absolute Gasteiger partial charge is 0.652 e. The van der Waals surface area contributed by atoms with Gasteiger partial charge in [0.2, 0.25) is 0 Å². The van der Waals surface area contributed by atoms with E-state index in [-0.39, 0.29) is 289 Å². The summed E-state index contributed by atoms with van der Waals surface area (Å²) in [7, 11) is 0. The van der Waals surface area contributed by atoms with E-state index in [2.05, 4.69) is 0 Å². The Bertz CT molecular complexity index is 455. The number of carbonyl (C=O) groups excluding carboxylic acids is 9. The number of hydrogen-bond acceptors (Lipinski definition) is 27. The summed E-state index contributed by atoms with van der Waals surface area (Å²) in [5, 5.41) is 150. The summed E-state index contributed by atoms with van der Waals surface area (Å²) in [4.78, 5) is 75.0. The van der Waals surface area contributed by atoms with Crippen molar-refractivity contribution in [1.82, 2.24) is 0 Å². The Morgan fingerprint density at radius 1 is 0.239 bits per heavy atom. The van der Waals surface area contributed by atoms with E-state index in [4.69, 9.17) is 135 Å². The predicted octanol–water partition coefficient (Wildman–Crippen LogP) is -31.2. The van der Waals surface area contributed by atoms with Gasteiger partial charge in [0.15, 0.2) is 0 Å². The van der Waals surface area contributed by atoms with Gasteiger partial charge in [-0.1, -0.05) is 0 Å². The Morgan fingerprint density at radius 2 is 0.239 bits per heavy atom. The van der Waals surface area contributed by atoms with Crippen LogP contribution in [0.5, 0.6) is 0 Å².